The zero-order chi connectivity index (χ0) is 41.9. The molecule has 0 rings (SSSR count). The molecule has 0 aromatic heterocycles. The van der Waals surface area contributed by atoms with Gasteiger partial charge in [0.25, 0.3) is 0 Å². The molecule has 2 atom stereocenters. The standard InChI is InChI=1S/C48H97N5O4/c1-6-8-10-12-14-16-18-20-22-24-26-28-30-36-46(57-48(56)50-39-35-43-53(5)41-33-32-40-52(4)42-34-38-49-3)45(44-54)51-47(55)37-31-29-27-25-23-21-19-17-15-13-11-9-7-2/h30,36,45-46,49,54H,6-29,31-35,37-44H2,1-5H3,(H,50,56)(H,51,55)/b36-30+/t45-,46+/m0/s1. The van der Waals surface area contributed by atoms with Crippen LogP contribution in [-0.4, -0.2) is 106 Å². The fourth-order valence-electron chi connectivity index (χ4n) is 7.44. The predicted octanol–water partition coefficient (Wildman–Crippen LogP) is 10.9. The topological polar surface area (TPSA) is 106 Å². The quantitative estimate of drug-likeness (QED) is 0.0359. The van der Waals surface area contributed by atoms with Crippen LogP contribution in [0.25, 0.3) is 0 Å². The third kappa shape index (κ3) is 39.5. The number of aliphatic hydroxyl groups is 1. The summed E-state index contributed by atoms with van der Waals surface area (Å²) in [5.41, 5.74) is 0. The molecule has 0 saturated carbocycles. The van der Waals surface area contributed by atoms with Gasteiger partial charge in [0.05, 0.1) is 12.6 Å². The second-order valence-electron chi connectivity index (χ2n) is 17.0. The number of amides is 2. The molecule has 0 aliphatic heterocycles. The molecular formula is C48H97N5O4. The van der Waals surface area contributed by atoms with Gasteiger partial charge in [-0.3, -0.25) is 4.79 Å². The van der Waals surface area contributed by atoms with Crippen LogP contribution in [0, 0.1) is 0 Å². The highest BCUT2D eigenvalue weighted by Crippen LogP contribution is 2.15. The number of hydrogen-bond acceptors (Lipinski definition) is 7. The van der Waals surface area contributed by atoms with Crippen molar-refractivity contribution in [1.82, 2.24) is 25.8 Å². The number of nitrogens with one attached hydrogen (secondary N) is 3. The molecule has 9 heteroatoms. The van der Waals surface area contributed by atoms with Crippen molar-refractivity contribution in [3.8, 4) is 0 Å². The molecule has 0 aromatic rings. The Kier molecular flexibility index (Phi) is 42.6. The van der Waals surface area contributed by atoms with E-state index in [0.29, 0.717) is 13.0 Å². The van der Waals surface area contributed by atoms with E-state index in [0.717, 1.165) is 77.7 Å². The fraction of sp³-hybridized carbons (Fsp3) is 0.917. The van der Waals surface area contributed by atoms with Crippen LogP contribution in [0.3, 0.4) is 0 Å². The van der Waals surface area contributed by atoms with E-state index in [4.69, 9.17) is 4.74 Å². The minimum atomic E-state index is -0.725. The molecule has 0 spiro atoms. The molecule has 0 radical (unpaired) electrons. The summed E-state index contributed by atoms with van der Waals surface area (Å²) in [7, 11) is 6.33. The number of aliphatic hydroxyl groups excluding tert-OH is 1. The van der Waals surface area contributed by atoms with Crippen molar-refractivity contribution in [1.29, 1.82) is 0 Å². The normalized spacial score (nSPS) is 12.8. The SMILES string of the molecule is CCCCCCCCCCCCC/C=C/[C@@H](OC(=O)NCCCN(C)CCCCN(C)CCCNC)[C@H](CO)NC(=O)CCCCCCCCCCCCCCC. The van der Waals surface area contributed by atoms with Crippen molar-refractivity contribution in [2.75, 3.05) is 67.0 Å². The number of ether oxygens (including phenoxy) is 1. The van der Waals surface area contributed by atoms with Crippen molar-refractivity contribution < 1.29 is 19.4 Å². The number of rotatable bonds is 44. The van der Waals surface area contributed by atoms with Crippen LogP contribution < -0.4 is 16.0 Å². The van der Waals surface area contributed by atoms with E-state index < -0.39 is 18.2 Å². The maximum absolute atomic E-state index is 12.9. The van der Waals surface area contributed by atoms with Crippen molar-refractivity contribution in [2.24, 2.45) is 0 Å². The molecule has 57 heavy (non-hydrogen) atoms. The summed E-state index contributed by atoms with van der Waals surface area (Å²) in [5.74, 6) is -0.0895. The molecule has 0 aliphatic carbocycles. The van der Waals surface area contributed by atoms with Crippen molar-refractivity contribution in [2.45, 2.75) is 219 Å². The number of allylic oxidation sites excluding steroid dienone is 1. The first-order valence-electron chi connectivity index (χ1n) is 24.4. The molecular weight excluding hydrogens is 711 g/mol. The molecule has 0 fully saturated rings. The molecule has 2 amide bonds. The molecule has 0 heterocycles. The Bertz CT molecular complexity index is 891. The largest absolute Gasteiger partial charge is 0.440 e. The maximum Gasteiger partial charge on any atom is 0.407 e. The summed E-state index contributed by atoms with van der Waals surface area (Å²) in [6.07, 6.45) is 39.1. The van der Waals surface area contributed by atoms with Crippen LogP contribution in [-0.2, 0) is 9.53 Å². The summed E-state index contributed by atoms with van der Waals surface area (Å²) in [5, 5.41) is 19.4. The van der Waals surface area contributed by atoms with Gasteiger partial charge in [0.1, 0.15) is 6.10 Å². The van der Waals surface area contributed by atoms with Gasteiger partial charge < -0.3 is 35.6 Å². The molecule has 4 N–H and O–H groups in total. The van der Waals surface area contributed by atoms with Crippen LogP contribution in [0.4, 0.5) is 4.79 Å². The van der Waals surface area contributed by atoms with Gasteiger partial charge in [-0.25, -0.2) is 4.79 Å². The average molecular weight is 808 g/mol. The number of nitrogens with zero attached hydrogens (tertiary/aromatic N) is 2. The van der Waals surface area contributed by atoms with E-state index in [1.54, 1.807) is 0 Å². The molecule has 338 valence electrons. The molecule has 0 bridgehead atoms. The number of alkyl carbamates (subject to hydrolysis) is 1. The number of hydrogen-bond donors (Lipinski definition) is 4. The van der Waals surface area contributed by atoms with E-state index >= 15 is 0 Å². The van der Waals surface area contributed by atoms with Crippen LogP contribution in [0.1, 0.15) is 206 Å². The molecule has 0 saturated heterocycles. The van der Waals surface area contributed by atoms with Crippen molar-refractivity contribution >= 4 is 12.0 Å². The lowest BCUT2D eigenvalue weighted by molar-refractivity contribution is -0.123. The summed E-state index contributed by atoms with van der Waals surface area (Å²) in [6.45, 7) is 10.0. The molecule has 0 unspecified atom stereocenters. The van der Waals surface area contributed by atoms with E-state index in [-0.39, 0.29) is 12.5 Å². The first-order valence-corrected chi connectivity index (χ1v) is 24.4. The van der Waals surface area contributed by atoms with Gasteiger partial charge >= 0.3 is 6.09 Å². The van der Waals surface area contributed by atoms with Gasteiger partial charge in [0.15, 0.2) is 0 Å². The maximum atomic E-state index is 12.9. The second-order valence-corrected chi connectivity index (χ2v) is 17.0. The Morgan fingerprint density at radius 1 is 0.579 bits per heavy atom. The minimum Gasteiger partial charge on any atom is -0.440 e. The third-order valence-electron chi connectivity index (χ3n) is 11.3. The Labute approximate surface area is 354 Å². The number of carbonyl (C=O) groups is 2. The first-order chi connectivity index (χ1) is 27.9. The van der Waals surface area contributed by atoms with Crippen LogP contribution >= 0.6 is 0 Å². The first kappa shape index (κ1) is 55.3. The highest BCUT2D eigenvalue weighted by atomic mass is 16.6. The van der Waals surface area contributed by atoms with Crippen LogP contribution in [0.2, 0.25) is 0 Å². The Morgan fingerprint density at radius 2 is 1.00 bits per heavy atom. The monoisotopic (exact) mass is 808 g/mol. The van der Waals surface area contributed by atoms with Crippen molar-refractivity contribution in [3.63, 3.8) is 0 Å². The predicted molar refractivity (Wildman–Crippen MR) is 245 cm³/mol. The lowest BCUT2D eigenvalue weighted by Crippen LogP contribution is -2.48. The Balaban J connectivity index is 4.65. The summed E-state index contributed by atoms with van der Waals surface area (Å²) >= 11 is 0. The Hall–Kier alpha value is -1.68. The Morgan fingerprint density at radius 3 is 1.46 bits per heavy atom. The van der Waals surface area contributed by atoms with Gasteiger partial charge in [-0.05, 0) is 105 Å². The van der Waals surface area contributed by atoms with E-state index in [1.807, 2.05) is 13.1 Å². The number of unbranched alkanes of at least 4 members (excludes halogenated alkanes) is 24. The smallest absolute Gasteiger partial charge is 0.407 e. The van der Waals surface area contributed by atoms with E-state index in [2.05, 4.69) is 59.8 Å². The second kappa shape index (κ2) is 43.9. The van der Waals surface area contributed by atoms with Gasteiger partial charge in [0.2, 0.25) is 5.91 Å². The molecule has 0 aliphatic rings. The van der Waals surface area contributed by atoms with E-state index in [9.17, 15) is 14.7 Å². The third-order valence-corrected chi connectivity index (χ3v) is 11.3. The number of carbonyl (C=O) groups excluding carboxylic acids is 2. The van der Waals surface area contributed by atoms with E-state index in [1.165, 1.54) is 141 Å². The highest BCUT2D eigenvalue weighted by Gasteiger charge is 2.24. The van der Waals surface area contributed by atoms with Crippen molar-refractivity contribution in [3.05, 3.63) is 12.2 Å². The zero-order valence-corrected chi connectivity index (χ0v) is 38.5. The summed E-state index contributed by atoms with van der Waals surface area (Å²) < 4.78 is 5.84. The average Bonchev–Trinajstić information content (AvgIpc) is 3.20. The summed E-state index contributed by atoms with van der Waals surface area (Å²) in [4.78, 5) is 30.6. The lowest BCUT2D eigenvalue weighted by atomic mass is 10.0. The summed E-state index contributed by atoms with van der Waals surface area (Å²) in [6, 6.07) is -0.674. The van der Waals surface area contributed by atoms with Gasteiger partial charge in [0, 0.05) is 13.0 Å². The zero-order valence-electron chi connectivity index (χ0n) is 38.5. The van der Waals surface area contributed by atoms with Crippen LogP contribution in [0.15, 0.2) is 12.2 Å². The van der Waals surface area contributed by atoms with Crippen LogP contribution in [0.5, 0.6) is 0 Å². The molecule has 0 aromatic carbocycles. The highest BCUT2D eigenvalue weighted by molar-refractivity contribution is 5.76. The lowest BCUT2D eigenvalue weighted by Gasteiger charge is -2.24. The molecule has 9 nitrogen and oxygen atoms in total. The fourth-order valence-corrected chi connectivity index (χ4v) is 7.44. The van der Waals surface area contributed by atoms with Gasteiger partial charge in [-0.15, -0.1) is 0 Å². The van der Waals surface area contributed by atoms with Gasteiger partial charge in [-0.1, -0.05) is 161 Å². The van der Waals surface area contributed by atoms with Gasteiger partial charge in [-0.2, -0.15) is 0 Å². The minimum absolute atomic E-state index is 0.0895.